The van der Waals surface area contributed by atoms with Crippen LogP contribution in [0.15, 0.2) is 54.6 Å². The van der Waals surface area contributed by atoms with Gasteiger partial charge in [0.15, 0.2) is 6.61 Å². The van der Waals surface area contributed by atoms with Crippen molar-refractivity contribution in [3.63, 3.8) is 0 Å². The van der Waals surface area contributed by atoms with Crippen LogP contribution in [0.2, 0.25) is 0 Å². The second-order valence-electron chi connectivity index (χ2n) is 5.56. The number of hydrogen-bond acceptors (Lipinski definition) is 3. The molecule has 2 rings (SSSR count). The molecule has 1 atom stereocenters. The van der Waals surface area contributed by atoms with E-state index < -0.39 is 5.97 Å². The molecule has 0 fully saturated rings. The topological polar surface area (TPSA) is 55.4 Å². The van der Waals surface area contributed by atoms with Crippen molar-refractivity contribution < 1.29 is 14.3 Å². The maximum Gasteiger partial charge on any atom is 0.338 e. The molecule has 120 valence electrons. The molecule has 0 spiro atoms. The summed E-state index contributed by atoms with van der Waals surface area (Å²) in [5.74, 6) is -0.582. The first kappa shape index (κ1) is 16.7. The lowest BCUT2D eigenvalue weighted by atomic mass is 10.0. The number of carbonyl (C=O) groups is 2. The van der Waals surface area contributed by atoms with Gasteiger partial charge in [0.05, 0.1) is 5.56 Å². The van der Waals surface area contributed by atoms with Gasteiger partial charge in [0.25, 0.3) is 5.91 Å². The van der Waals surface area contributed by atoms with E-state index in [0.717, 1.165) is 11.1 Å². The number of nitrogens with one attached hydrogen (secondary N) is 1. The summed E-state index contributed by atoms with van der Waals surface area (Å²) in [5.41, 5.74) is 2.58. The van der Waals surface area contributed by atoms with E-state index in [1.807, 2.05) is 50.2 Å². The van der Waals surface area contributed by atoms with E-state index in [4.69, 9.17) is 4.74 Å². The van der Waals surface area contributed by atoms with E-state index in [2.05, 4.69) is 5.32 Å². The van der Waals surface area contributed by atoms with E-state index in [1.165, 1.54) is 0 Å². The molecule has 0 radical (unpaired) electrons. The molecule has 0 saturated carbocycles. The minimum atomic E-state index is -0.486. The van der Waals surface area contributed by atoms with Gasteiger partial charge in [0.2, 0.25) is 0 Å². The number of carbonyl (C=O) groups excluding carboxylic acids is 2. The molecule has 23 heavy (non-hydrogen) atoms. The fourth-order valence-electron chi connectivity index (χ4n) is 2.20. The quantitative estimate of drug-likeness (QED) is 0.834. The van der Waals surface area contributed by atoms with Crippen LogP contribution < -0.4 is 5.32 Å². The molecule has 0 aliphatic rings. The van der Waals surface area contributed by atoms with Crippen LogP contribution in [0.3, 0.4) is 0 Å². The minimum Gasteiger partial charge on any atom is -0.452 e. The number of benzene rings is 2. The fraction of sp³-hybridized carbons (Fsp3) is 0.263. The molecule has 0 aliphatic heterocycles. The van der Waals surface area contributed by atoms with Crippen LogP contribution in [-0.2, 0) is 9.53 Å². The summed E-state index contributed by atoms with van der Waals surface area (Å²) in [7, 11) is 0. The van der Waals surface area contributed by atoms with Crippen molar-refractivity contribution in [2.45, 2.75) is 19.8 Å². The van der Waals surface area contributed by atoms with Gasteiger partial charge in [-0.05, 0) is 30.5 Å². The van der Waals surface area contributed by atoms with Crippen LogP contribution >= 0.6 is 0 Å². The van der Waals surface area contributed by atoms with Crippen LogP contribution in [0.4, 0.5) is 0 Å². The molecule has 2 aromatic carbocycles. The lowest BCUT2D eigenvalue weighted by Gasteiger charge is -2.13. The number of rotatable bonds is 6. The molecular weight excluding hydrogens is 290 g/mol. The highest BCUT2D eigenvalue weighted by Crippen LogP contribution is 2.12. The Morgan fingerprint density at radius 1 is 1.09 bits per heavy atom. The Labute approximate surface area is 136 Å². The van der Waals surface area contributed by atoms with Gasteiger partial charge in [-0.3, -0.25) is 4.79 Å². The predicted molar refractivity (Wildman–Crippen MR) is 89.3 cm³/mol. The van der Waals surface area contributed by atoms with E-state index in [-0.39, 0.29) is 18.4 Å². The predicted octanol–water partition coefficient (Wildman–Crippen LogP) is 3.07. The second-order valence-corrected chi connectivity index (χ2v) is 5.56. The standard InChI is InChI=1S/C19H21NO3/c1-14-7-6-10-17(11-14)19(22)23-13-18(21)20-12-15(2)16-8-4-3-5-9-16/h3-11,15H,12-13H2,1-2H3,(H,20,21)/t15-/m1/s1. The molecule has 1 N–H and O–H groups in total. The van der Waals surface area contributed by atoms with Gasteiger partial charge in [0.1, 0.15) is 0 Å². The van der Waals surface area contributed by atoms with Crippen molar-refractivity contribution in [2.75, 3.05) is 13.2 Å². The summed E-state index contributed by atoms with van der Waals surface area (Å²) in [6.45, 7) is 4.17. The van der Waals surface area contributed by atoms with Crippen molar-refractivity contribution in [1.82, 2.24) is 5.32 Å². The Kier molecular flexibility index (Phi) is 5.92. The Morgan fingerprint density at radius 3 is 2.52 bits per heavy atom. The van der Waals surface area contributed by atoms with Crippen LogP contribution in [0, 0.1) is 6.92 Å². The Morgan fingerprint density at radius 2 is 1.83 bits per heavy atom. The van der Waals surface area contributed by atoms with Gasteiger partial charge in [-0.1, -0.05) is 55.0 Å². The Bertz CT molecular complexity index is 667. The number of ether oxygens (including phenoxy) is 1. The maximum absolute atomic E-state index is 11.9. The first-order valence-electron chi connectivity index (χ1n) is 7.61. The van der Waals surface area contributed by atoms with Crippen molar-refractivity contribution in [3.05, 3.63) is 71.3 Å². The van der Waals surface area contributed by atoms with Gasteiger partial charge in [-0.15, -0.1) is 0 Å². The zero-order valence-corrected chi connectivity index (χ0v) is 13.4. The largest absolute Gasteiger partial charge is 0.452 e. The molecule has 0 aliphatic carbocycles. The van der Waals surface area contributed by atoms with E-state index in [1.54, 1.807) is 18.2 Å². The maximum atomic E-state index is 11.9. The van der Waals surface area contributed by atoms with Crippen LogP contribution in [0.25, 0.3) is 0 Å². The smallest absolute Gasteiger partial charge is 0.338 e. The highest BCUT2D eigenvalue weighted by molar-refractivity contribution is 5.91. The van der Waals surface area contributed by atoms with Gasteiger partial charge < -0.3 is 10.1 Å². The summed E-state index contributed by atoms with van der Waals surface area (Å²) < 4.78 is 5.03. The lowest BCUT2D eigenvalue weighted by molar-refractivity contribution is -0.124. The molecule has 1 amide bonds. The molecule has 0 aromatic heterocycles. The van der Waals surface area contributed by atoms with Gasteiger partial charge in [0, 0.05) is 6.54 Å². The summed E-state index contributed by atoms with van der Waals surface area (Å²) >= 11 is 0. The third-order valence-corrected chi connectivity index (χ3v) is 3.56. The summed E-state index contributed by atoms with van der Waals surface area (Å²) in [6, 6.07) is 17.0. The number of aryl methyl sites for hydroxylation is 1. The Balaban J connectivity index is 1.76. The molecule has 0 saturated heterocycles. The monoisotopic (exact) mass is 311 g/mol. The molecular formula is C19H21NO3. The van der Waals surface area contributed by atoms with Gasteiger partial charge >= 0.3 is 5.97 Å². The van der Waals surface area contributed by atoms with Gasteiger partial charge in [-0.25, -0.2) is 4.79 Å². The lowest BCUT2D eigenvalue weighted by Crippen LogP contribution is -2.31. The minimum absolute atomic E-state index is 0.202. The average molecular weight is 311 g/mol. The molecule has 4 heteroatoms. The van der Waals surface area contributed by atoms with Crippen molar-refractivity contribution >= 4 is 11.9 Å². The van der Waals surface area contributed by atoms with Crippen molar-refractivity contribution in [2.24, 2.45) is 0 Å². The van der Waals surface area contributed by atoms with Crippen LogP contribution in [0.1, 0.15) is 34.3 Å². The fourth-order valence-corrected chi connectivity index (χ4v) is 2.20. The van der Waals surface area contributed by atoms with E-state index >= 15 is 0 Å². The third kappa shape index (κ3) is 5.25. The highest BCUT2D eigenvalue weighted by atomic mass is 16.5. The van der Waals surface area contributed by atoms with E-state index in [9.17, 15) is 9.59 Å². The normalized spacial score (nSPS) is 11.6. The highest BCUT2D eigenvalue weighted by Gasteiger charge is 2.11. The van der Waals surface area contributed by atoms with Gasteiger partial charge in [-0.2, -0.15) is 0 Å². The van der Waals surface area contributed by atoms with Crippen LogP contribution in [-0.4, -0.2) is 25.0 Å². The number of amides is 1. The molecule has 0 heterocycles. The third-order valence-electron chi connectivity index (χ3n) is 3.56. The number of esters is 1. The second kappa shape index (κ2) is 8.13. The number of hydrogen-bond donors (Lipinski definition) is 1. The molecule has 0 unspecified atom stereocenters. The first-order valence-corrected chi connectivity index (χ1v) is 7.61. The molecule has 4 nitrogen and oxygen atoms in total. The summed E-state index contributed by atoms with van der Waals surface area (Å²) in [4.78, 5) is 23.7. The average Bonchev–Trinajstić information content (AvgIpc) is 2.58. The first-order chi connectivity index (χ1) is 11.1. The summed E-state index contributed by atoms with van der Waals surface area (Å²) in [5, 5.41) is 2.78. The molecule has 2 aromatic rings. The summed E-state index contributed by atoms with van der Waals surface area (Å²) in [6.07, 6.45) is 0. The Hall–Kier alpha value is -2.62. The zero-order valence-electron chi connectivity index (χ0n) is 13.4. The van der Waals surface area contributed by atoms with Crippen molar-refractivity contribution in [3.8, 4) is 0 Å². The molecule has 0 bridgehead atoms. The SMILES string of the molecule is Cc1cccc(C(=O)OCC(=O)NC[C@@H](C)c2ccccc2)c1. The van der Waals surface area contributed by atoms with E-state index in [0.29, 0.717) is 12.1 Å². The van der Waals surface area contributed by atoms with Crippen LogP contribution in [0.5, 0.6) is 0 Å². The van der Waals surface area contributed by atoms with Crippen molar-refractivity contribution in [1.29, 1.82) is 0 Å². The zero-order chi connectivity index (χ0) is 16.7.